The molecule has 2 aromatic heterocycles. The van der Waals surface area contributed by atoms with E-state index in [1.54, 1.807) is 10.9 Å². The van der Waals surface area contributed by atoms with E-state index in [2.05, 4.69) is 18.8 Å². The first kappa shape index (κ1) is 15.7. The van der Waals surface area contributed by atoms with Crippen LogP contribution in [-0.2, 0) is 6.54 Å². The van der Waals surface area contributed by atoms with E-state index in [4.69, 9.17) is 4.74 Å². The summed E-state index contributed by atoms with van der Waals surface area (Å²) in [6, 6.07) is 7.91. The Morgan fingerprint density at radius 2 is 1.96 bits per heavy atom. The molecule has 0 N–H and O–H groups in total. The molecule has 0 aliphatic heterocycles. The minimum absolute atomic E-state index is 0.0411. The summed E-state index contributed by atoms with van der Waals surface area (Å²) in [5.41, 5.74) is 2.02. The summed E-state index contributed by atoms with van der Waals surface area (Å²) < 4.78 is 7.31. The van der Waals surface area contributed by atoms with Crippen LogP contribution in [0, 0.1) is 0 Å². The third kappa shape index (κ3) is 3.15. The number of aryl methyl sites for hydroxylation is 1. The highest BCUT2D eigenvalue weighted by molar-refractivity contribution is 7.17. The molecule has 0 spiro atoms. The van der Waals surface area contributed by atoms with E-state index in [9.17, 15) is 4.79 Å². The molecule has 0 saturated carbocycles. The topological polar surface area (TPSA) is 44.1 Å². The largest absolute Gasteiger partial charge is 0.494 e. The number of fused-ring (bicyclic) bond motifs is 1. The number of thiophene rings is 1. The molecule has 0 aliphatic rings. The molecule has 0 bridgehead atoms. The van der Waals surface area contributed by atoms with Crippen molar-refractivity contribution in [3.63, 3.8) is 0 Å². The molecular formula is C18H20N2O2S. The molecule has 2 heterocycles. The number of hydrogen-bond acceptors (Lipinski definition) is 4. The molecule has 23 heavy (non-hydrogen) atoms. The summed E-state index contributed by atoms with van der Waals surface area (Å²) in [6.45, 7) is 5.55. The van der Waals surface area contributed by atoms with E-state index >= 15 is 0 Å². The van der Waals surface area contributed by atoms with Crippen molar-refractivity contribution in [1.82, 2.24) is 9.55 Å². The van der Waals surface area contributed by atoms with E-state index in [0.29, 0.717) is 18.5 Å². The van der Waals surface area contributed by atoms with Gasteiger partial charge in [-0.1, -0.05) is 26.0 Å². The van der Waals surface area contributed by atoms with Gasteiger partial charge in [0.1, 0.15) is 10.6 Å². The van der Waals surface area contributed by atoms with Crippen LogP contribution in [0.3, 0.4) is 0 Å². The molecule has 1 aromatic carbocycles. The Kier molecular flexibility index (Phi) is 4.76. The van der Waals surface area contributed by atoms with Gasteiger partial charge in [0.25, 0.3) is 5.56 Å². The lowest BCUT2D eigenvalue weighted by atomic mass is 10.1. The zero-order valence-corrected chi connectivity index (χ0v) is 14.2. The van der Waals surface area contributed by atoms with E-state index < -0.39 is 0 Å². The summed E-state index contributed by atoms with van der Waals surface area (Å²) in [6.07, 6.45) is 3.55. The van der Waals surface area contributed by atoms with Crippen molar-refractivity contribution >= 4 is 21.6 Å². The van der Waals surface area contributed by atoms with Crippen molar-refractivity contribution in [2.75, 3.05) is 6.61 Å². The molecule has 0 atom stereocenters. The standard InChI is InChI=1S/C18H20N2O2S/c1-3-9-20-12-19-17-16(18(20)21)15(11-23-17)13-5-7-14(8-6-13)22-10-4-2/h5-8,11-12H,3-4,9-10H2,1-2H3. The normalized spacial score (nSPS) is 11.0. The molecule has 3 aromatic rings. The summed E-state index contributed by atoms with van der Waals surface area (Å²) in [5, 5.41) is 2.73. The first-order valence-electron chi connectivity index (χ1n) is 7.94. The lowest BCUT2D eigenvalue weighted by Crippen LogP contribution is -2.20. The lowest BCUT2D eigenvalue weighted by molar-refractivity contribution is 0.317. The van der Waals surface area contributed by atoms with Crippen LogP contribution in [0.4, 0.5) is 0 Å². The summed E-state index contributed by atoms with van der Waals surface area (Å²) in [4.78, 5) is 17.9. The van der Waals surface area contributed by atoms with Crippen molar-refractivity contribution in [2.24, 2.45) is 0 Å². The van der Waals surface area contributed by atoms with Crippen LogP contribution >= 0.6 is 11.3 Å². The van der Waals surface area contributed by atoms with Gasteiger partial charge in [-0.2, -0.15) is 0 Å². The smallest absolute Gasteiger partial charge is 0.262 e. The molecule has 120 valence electrons. The van der Waals surface area contributed by atoms with Gasteiger partial charge in [-0.25, -0.2) is 4.98 Å². The van der Waals surface area contributed by atoms with E-state index in [1.165, 1.54) is 11.3 Å². The molecule has 4 nitrogen and oxygen atoms in total. The van der Waals surface area contributed by atoms with Crippen molar-refractivity contribution < 1.29 is 4.74 Å². The number of benzene rings is 1. The number of hydrogen-bond donors (Lipinski definition) is 0. The van der Waals surface area contributed by atoms with Gasteiger partial charge in [-0.3, -0.25) is 9.36 Å². The van der Waals surface area contributed by atoms with E-state index in [1.807, 2.05) is 29.6 Å². The maximum absolute atomic E-state index is 12.7. The first-order valence-corrected chi connectivity index (χ1v) is 8.82. The van der Waals surface area contributed by atoms with Crippen LogP contribution in [0.2, 0.25) is 0 Å². The van der Waals surface area contributed by atoms with Gasteiger partial charge in [0.05, 0.1) is 18.3 Å². The minimum Gasteiger partial charge on any atom is -0.494 e. The zero-order chi connectivity index (χ0) is 16.2. The number of nitrogens with zero attached hydrogens (tertiary/aromatic N) is 2. The average molecular weight is 328 g/mol. The Labute approximate surface area is 139 Å². The van der Waals surface area contributed by atoms with Gasteiger partial charge < -0.3 is 4.74 Å². The average Bonchev–Trinajstić information content (AvgIpc) is 3.01. The molecular weight excluding hydrogens is 308 g/mol. The monoisotopic (exact) mass is 328 g/mol. The van der Waals surface area contributed by atoms with Crippen LogP contribution in [0.5, 0.6) is 5.75 Å². The van der Waals surface area contributed by atoms with Gasteiger partial charge in [0.2, 0.25) is 0 Å². The fraction of sp³-hybridized carbons (Fsp3) is 0.333. The van der Waals surface area contributed by atoms with Crippen molar-refractivity contribution in [2.45, 2.75) is 33.2 Å². The fourth-order valence-corrected chi connectivity index (χ4v) is 3.44. The molecule has 0 unspecified atom stereocenters. The molecule has 0 radical (unpaired) electrons. The Balaban J connectivity index is 2.02. The van der Waals surface area contributed by atoms with Crippen LogP contribution < -0.4 is 10.3 Å². The van der Waals surface area contributed by atoms with Crippen molar-refractivity contribution in [3.8, 4) is 16.9 Å². The highest BCUT2D eigenvalue weighted by atomic mass is 32.1. The second-order valence-electron chi connectivity index (χ2n) is 5.45. The van der Waals surface area contributed by atoms with Gasteiger partial charge >= 0.3 is 0 Å². The predicted octanol–water partition coefficient (Wildman–Crippen LogP) is 4.32. The Morgan fingerprint density at radius 3 is 2.65 bits per heavy atom. The number of aromatic nitrogens is 2. The first-order chi connectivity index (χ1) is 11.2. The van der Waals surface area contributed by atoms with E-state index in [-0.39, 0.29) is 5.56 Å². The number of ether oxygens (including phenoxy) is 1. The van der Waals surface area contributed by atoms with Crippen molar-refractivity contribution in [3.05, 3.63) is 46.3 Å². The quantitative estimate of drug-likeness (QED) is 0.677. The Bertz CT molecular complexity index is 850. The summed E-state index contributed by atoms with van der Waals surface area (Å²) in [7, 11) is 0. The van der Waals surface area contributed by atoms with Gasteiger partial charge in [-0.15, -0.1) is 11.3 Å². The van der Waals surface area contributed by atoms with Gasteiger partial charge in [-0.05, 0) is 30.5 Å². The van der Waals surface area contributed by atoms with Crippen LogP contribution in [0.25, 0.3) is 21.3 Å². The predicted molar refractivity (Wildman–Crippen MR) is 95.4 cm³/mol. The van der Waals surface area contributed by atoms with Crippen LogP contribution in [0.15, 0.2) is 40.8 Å². The Hall–Kier alpha value is -2.14. The van der Waals surface area contributed by atoms with Crippen LogP contribution in [0.1, 0.15) is 26.7 Å². The van der Waals surface area contributed by atoms with Gasteiger partial charge in [0.15, 0.2) is 0 Å². The molecule has 5 heteroatoms. The maximum Gasteiger partial charge on any atom is 0.262 e. The van der Waals surface area contributed by atoms with Gasteiger partial charge in [0, 0.05) is 17.5 Å². The second-order valence-corrected chi connectivity index (χ2v) is 6.30. The SMILES string of the molecule is CCCOc1ccc(-c2csc3ncn(CCC)c(=O)c23)cc1. The highest BCUT2D eigenvalue weighted by Gasteiger charge is 2.13. The molecule has 0 saturated heterocycles. The lowest BCUT2D eigenvalue weighted by Gasteiger charge is -2.06. The zero-order valence-electron chi connectivity index (χ0n) is 13.4. The number of rotatable bonds is 6. The third-order valence-corrected chi connectivity index (χ3v) is 4.55. The third-order valence-electron chi connectivity index (χ3n) is 3.66. The maximum atomic E-state index is 12.7. The Morgan fingerprint density at radius 1 is 1.17 bits per heavy atom. The van der Waals surface area contributed by atoms with Crippen molar-refractivity contribution in [1.29, 1.82) is 0 Å². The molecule has 0 fully saturated rings. The van der Waals surface area contributed by atoms with Crippen LogP contribution in [-0.4, -0.2) is 16.2 Å². The summed E-state index contributed by atoms with van der Waals surface area (Å²) >= 11 is 1.51. The second kappa shape index (κ2) is 6.96. The molecule has 0 amide bonds. The molecule has 0 aliphatic carbocycles. The summed E-state index contributed by atoms with van der Waals surface area (Å²) in [5.74, 6) is 0.858. The van der Waals surface area contributed by atoms with E-state index in [0.717, 1.165) is 34.5 Å². The minimum atomic E-state index is 0.0411. The highest BCUT2D eigenvalue weighted by Crippen LogP contribution is 2.31. The fourth-order valence-electron chi connectivity index (χ4n) is 2.53. The molecule has 3 rings (SSSR count).